The van der Waals surface area contributed by atoms with Crippen molar-refractivity contribution in [2.24, 2.45) is 0 Å². The molecule has 2 aromatic carbocycles. The lowest BCUT2D eigenvalue weighted by Crippen LogP contribution is -2.29. The van der Waals surface area contributed by atoms with Gasteiger partial charge in [-0.15, -0.1) is 22.7 Å². The molecule has 0 radical (unpaired) electrons. The lowest BCUT2D eigenvalue weighted by molar-refractivity contribution is -0.132. The number of carbonyl (C=O) groups excluding carboxylic acids is 2. The third-order valence-electron chi connectivity index (χ3n) is 4.63. The van der Waals surface area contributed by atoms with Gasteiger partial charge in [0.15, 0.2) is 0 Å². The van der Waals surface area contributed by atoms with Gasteiger partial charge in [-0.3, -0.25) is 9.59 Å². The normalized spacial score (nSPS) is 13.2. The highest BCUT2D eigenvalue weighted by Crippen LogP contribution is 2.31. The number of aliphatic hydroxyl groups is 2. The van der Waals surface area contributed by atoms with E-state index >= 15 is 0 Å². The minimum atomic E-state index is -4.93. The van der Waals surface area contributed by atoms with Crippen molar-refractivity contribution >= 4 is 78.4 Å². The number of carbonyl (C=O) groups is 2. The van der Waals surface area contributed by atoms with Gasteiger partial charge < -0.3 is 20.8 Å². The number of alkyl halides is 6. The van der Waals surface area contributed by atoms with E-state index in [1.54, 1.807) is 0 Å². The van der Waals surface area contributed by atoms with Crippen LogP contribution in [0.4, 0.5) is 37.7 Å². The van der Waals surface area contributed by atoms with Crippen LogP contribution in [0.1, 0.15) is 10.0 Å². The molecule has 0 unspecified atom stereocenters. The molecule has 0 aliphatic rings. The smallest absolute Gasteiger partial charge is 0.448 e. The topological polar surface area (TPSA) is 124 Å². The first-order valence-corrected chi connectivity index (χ1v) is 11.7. The van der Waals surface area contributed by atoms with Crippen LogP contribution < -0.4 is 10.6 Å². The predicted octanol–water partition coefficient (Wildman–Crippen LogP) is 6.41. The van der Waals surface area contributed by atoms with Crippen LogP contribution in [0.2, 0.25) is 0 Å². The zero-order chi connectivity index (χ0) is 27.8. The number of rotatable bonds is 4. The molecule has 0 saturated carbocycles. The Kier molecular flexibility index (Phi) is 7.03. The molecule has 198 valence electrons. The number of hydrogen-bond donors (Lipinski definition) is 4. The number of halogens is 6. The van der Waals surface area contributed by atoms with Crippen molar-refractivity contribution in [1.29, 1.82) is 0 Å². The molecule has 2 amide bonds. The largest absolute Gasteiger partial charge is 0.504 e. The lowest BCUT2D eigenvalue weighted by atomic mass is 10.3. The van der Waals surface area contributed by atoms with Crippen LogP contribution in [0.15, 0.2) is 47.9 Å². The Morgan fingerprint density at radius 1 is 0.711 bits per heavy atom. The monoisotopic (exact) mass is 574 g/mol. The van der Waals surface area contributed by atoms with Crippen molar-refractivity contribution in [2.75, 3.05) is 10.6 Å². The first-order chi connectivity index (χ1) is 17.7. The van der Waals surface area contributed by atoms with E-state index in [1.807, 2.05) is 0 Å². The molecule has 0 aliphatic carbocycles. The number of hydrogen-bond acceptors (Lipinski definition) is 8. The first kappa shape index (κ1) is 26.9. The number of allylic oxidation sites excluding steroid dienone is 2. The zero-order valence-corrected chi connectivity index (χ0v) is 19.9. The van der Waals surface area contributed by atoms with Gasteiger partial charge in [-0.1, -0.05) is 0 Å². The van der Waals surface area contributed by atoms with Crippen LogP contribution in [0, 0.1) is 0 Å². The van der Waals surface area contributed by atoms with Gasteiger partial charge in [-0.2, -0.15) is 26.3 Å². The van der Waals surface area contributed by atoms with Gasteiger partial charge >= 0.3 is 24.2 Å². The van der Waals surface area contributed by atoms with E-state index in [4.69, 9.17) is 10.2 Å². The van der Waals surface area contributed by atoms with E-state index in [-0.39, 0.29) is 21.4 Å². The Labute approximate surface area is 215 Å². The number of aliphatic hydroxyl groups excluding tert-OH is 2. The van der Waals surface area contributed by atoms with Gasteiger partial charge in [0.05, 0.1) is 20.4 Å². The van der Waals surface area contributed by atoms with Gasteiger partial charge in [0, 0.05) is 23.5 Å². The van der Waals surface area contributed by atoms with Crippen LogP contribution in [0.3, 0.4) is 0 Å². The van der Waals surface area contributed by atoms with E-state index in [2.05, 4.69) is 20.6 Å². The summed E-state index contributed by atoms with van der Waals surface area (Å²) < 4.78 is 75.8. The van der Waals surface area contributed by atoms with E-state index in [0.29, 0.717) is 32.6 Å². The van der Waals surface area contributed by atoms with Crippen molar-refractivity contribution in [3.8, 4) is 0 Å². The fourth-order valence-corrected chi connectivity index (χ4v) is 4.83. The molecular weight excluding hydrogens is 562 g/mol. The Bertz CT molecular complexity index is 1500. The summed E-state index contributed by atoms with van der Waals surface area (Å²) in [4.78, 5) is 32.6. The van der Waals surface area contributed by atoms with Crippen molar-refractivity contribution in [3.05, 3.63) is 57.9 Å². The Hall–Kier alpha value is -4.18. The molecule has 0 saturated heterocycles. The summed E-state index contributed by atoms with van der Waals surface area (Å²) >= 11 is 1.63. The Morgan fingerprint density at radius 2 is 1.08 bits per heavy atom. The number of thiazole rings is 2. The molecule has 0 fully saturated rings. The van der Waals surface area contributed by atoms with Gasteiger partial charge in [-0.05, 0) is 36.4 Å². The average Bonchev–Trinajstić information content (AvgIpc) is 3.39. The molecule has 2 heterocycles. The van der Waals surface area contributed by atoms with Crippen molar-refractivity contribution in [3.63, 3.8) is 0 Å². The van der Waals surface area contributed by atoms with Gasteiger partial charge in [0.1, 0.15) is 10.0 Å². The zero-order valence-electron chi connectivity index (χ0n) is 18.3. The highest BCUT2D eigenvalue weighted by molar-refractivity contribution is 7.19. The van der Waals surface area contributed by atoms with E-state index in [0.717, 1.165) is 22.7 Å². The molecule has 4 N–H and O–H groups in total. The maximum absolute atomic E-state index is 12.5. The van der Waals surface area contributed by atoms with Gasteiger partial charge in [0.25, 0.3) is 0 Å². The lowest BCUT2D eigenvalue weighted by Gasteiger charge is -2.06. The predicted molar refractivity (Wildman–Crippen MR) is 130 cm³/mol. The summed E-state index contributed by atoms with van der Waals surface area (Å²) in [5.41, 5.74) is 0.898. The standard InChI is InChI=1S/C22H12F6N4O4S2/c23-21(24,25)15(33)7-17-31-11-3-1-9(5-13(11)37-17)29-19(35)20(36)30-10-2-4-12-14(6-10)38-18(32-12)8-16(34)22(26,27)28/h1-8,33-34H,(H,29,35)(H,30,36). The highest BCUT2D eigenvalue weighted by Gasteiger charge is 2.34. The quantitative estimate of drug-likeness (QED) is 0.127. The third-order valence-corrected chi connectivity index (χ3v) is 6.56. The number of nitrogens with one attached hydrogen (secondary N) is 2. The van der Waals surface area contributed by atoms with Crippen LogP contribution in [-0.4, -0.2) is 44.3 Å². The van der Waals surface area contributed by atoms with E-state index in [1.165, 1.54) is 36.4 Å². The summed E-state index contributed by atoms with van der Waals surface area (Å²) in [6.45, 7) is 0. The minimum absolute atomic E-state index is 0.123. The molecule has 4 rings (SSSR count). The fourth-order valence-electron chi connectivity index (χ4n) is 2.94. The molecule has 0 aliphatic heterocycles. The molecular formula is C22H12F6N4O4S2. The van der Waals surface area contributed by atoms with E-state index in [9.17, 15) is 35.9 Å². The number of amides is 2. The third kappa shape index (κ3) is 6.20. The minimum Gasteiger partial charge on any atom is -0.504 e. The van der Waals surface area contributed by atoms with E-state index < -0.39 is 35.7 Å². The van der Waals surface area contributed by atoms with Crippen molar-refractivity contribution < 1.29 is 46.1 Å². The summed E-state index contributed by atoms with van der Waals surface area (Å²) in [6.07, 6.45) is -8.92. The molecule has 0 bridgehead atoms. The summed E-state index contributed by atoms with van der Waals surface area (Å²) in [5, 5.41) is 22.6. The Balaban J connectivity index is 1.45. The second-order valence-electron chi connectivity index (χ2n) is 7.43. The number of anilines is 2. The van der Waals surface area contributed by atoms with Crippen LogP contribution in [0.25, 0.3) is 32.6 Å². The number of fused-ring (bicyclic) bond motifs is 2. The van der Waals surface area contributed by atoms with Crippen molar-refractivity contribution in [1.82, 2.24) is 9.97 Å². The van der Waals surface area contributed by atoms with Crippen molar-refractivity contribution in [2.45, 2.75) is 12.4 Å². The molecule has 0 spiro atoms. The molecule has 4 aromatic rings. The number of aromatic nitrogens is 2. The maximum Gasteiger partial charge on any atom is 0.448 e. The number of benzene rings is 2. The summed E-state index contributed by atoms with van der Waals surface area (Å²) in [5.74, 6) is -5.78. The molecule has 0 atom stereocenters. The fraction of sp³-hybridized carbons (Fsp3) is 0.0909. The summed E-state index contributed by atoms with van der Waals surface area (Å²) in [6, 6.07) is 8.32. The average molecular weight is 574 g/mol. The van der Waals surface area contributed by atoms with Crippen LogP contribution in [0.5, 0.6) is 0 Å². The molecule has 16 heteroatoms. The SMILES string of the molecule is O=C(Nc1ccc2nc(C=C(O)C(F)(F)F)sc2c1)C(=O)Nc1ccc2nc(C=C(O)C(F)(F)F)sc2c1. The van der Waals surface area contributed by atoms with Gasteiger partial charge in [-0.25, -0.2) is 9.97 Å². The van der Waals surface area contributed by atoms with Gasteiger partial charge in [0.2, 0.25) is 11.5 Å². The maximum atomic E-state index is 12.5. The first-order valence-electron chi connectivity index (χ1n) is 10.1. The highest BCUT2D eigenvalue weighted by atomic mass is 32.1. The second-order valence-corrected chi connectivity index (χ2v) is 9.56. The molecule has 8 nitrogen and oxygen atoms in total. The Morgan fingerprint density at radius 3 is 1.42 bits per heavy atom. The van der Waals surface area contributed by atoms with Crippen LogP contribution >= 0.6 is 22.7 Å². The number of nitrogens with zero attached hydrogens (tertiary/aromatic N) is 2. The molecule has 38 heavy (non-hydrogen) atoms. The summed E-state index contributed by atoms with van der Waals surface area (Å²) in [7, 11) is 0. The van der Waals surface area contributed by atoms with Crippen LogP contribution in [-0.2, 0) is 9.59 Å². The second kappa shape index (κ2) is 9.94. The molecule has 2 aromatic heterocycles.